The van der Waals surface area contributed by atoms with Gasteiger partial charge in [0.2, 0.25) is 0 Å². The Morgan fingerprint density at radius 3 is 2.70 bits per heavy atom. The molecule has 1 unspecified atom stereocenters. The highest BCUT2D eigenvalue weighted by Gasteiger charge is 2.14. The molecule has 27 heavy (non-hydrogen) atoms. The number of rotatable bonds is 9. The molecule has 0 aromatic carbocycles. The summed E-state index contributed by atoms with van der Waals surface area (Å²) >= 11 is 0. The van der Waals surface area contributed by atoms with Gasteiger partial charge in [-0.3, -0.25) is 9.79 Å². The van der Waals surface area contributed by atoms with Crippen LogP contribution >= 0.6 is 0 Å². The van der Waals surface area contributed by atoms with E-state index in [0.29, 0.717) is 17.1 Å². The van der Waals surface area contributed by atoms with Crippen LogP contribution in [0.4, 0.5) is 14.6 Å². The fourth-order valence-electron chi connectivity index (χ4n) is 2.15. The first-order chi connectivity index (χ1) is 12.8. The van der Waals surface area contributed by atoms with Crippen LogP contribution in [0.1, 0.15) is 31.1 Å². The number of hydrogen-bond acceptors (Lipinski definition) is 6. The Labute approximate surface area is 156 Å². The summed E-state index contributed by atoms with van der Waals surface area (Å²) in [5.41, 5.74) is 1.83. The minimum atomic E-state index is -2.61. The zero-order chi connectivity index (χ0) is 20.4. The third-order valence-electron chi connectivity index (χ3n) is 3.41. The molecule has 0 aliphatic rings. The molecule has 0 aliphatic carbocycles. The Kier molecular flexibility index (Phi) is 9.07. The highest BCUT2D eigenvalue weighted by molar-refractivity contribution is 6.12. The molecular weight excluding hydrogens is 358 g/mol. The number of nitrogens with zero attached hydrogens (tertiary/aromatic N) is 2. The van der Waals surface area contributed by atoms with Crippen LogP contribution in [0.2, 0.25) is 0 Å². The Balaban J connectivity index is 3.00. The molecule has 1 aromatic rings. The van der Waals surface area contributed by atoms with Crippen molar-refractivity contribution >= 4 is 17.9 Å². The predicted molar refractivity (Wildman–Crippen MR) is 100 cm³/mol. The first-order valence-electron chi connectivity index (χ1n) is 8.21. The molecule has 0 saturated heterocycles. The fraction of sp³-hybridized carbons (Fsp3) is 0.389. The second kappa shape index (κ2) is 11.0. The van der Waals surface area contributed by atoms with Gasteiger partial charge in [-0.2, -0.15) is 0 Å². The summed E-state index contributed by atoms with van der Waals surface area (Å²) in [7, 11) is 0. The number of allylic oxidation sites excluding steroid dienone is 2. The second-order valence-corrected chi connectivity index (χ2v) is 5.82. The lowest BCUT2D eigenvalue weighted by Crippen LogP contribution is -2.29. The number of carbonyl (C=O) groups excluding carboxylic acids is 1. The number of aliphatic imine (C=N–C) groups is 1. The summed E-state index contributed by atoms with van der Waals surface area (Å²) in [4.78, 5) is 20.3. The van der Waals surface area contributed by atoms with E-state index in [-0.39, 0.29) is 12.3 Å². The molecule has 1 rings (SSSR count). The monoisotopic (exact) mass is 382 g/mol. The van der Waals surface area contributed by atoms with E-state index in [0.717, 1.165) is 18.0 Å². The van der Waals surface area contributed by atoms with Gasteiger partial charge in [0.25, 0.3) is 12.3 Å². The molecule has 0 spiro atoms. The van der Waals surface area contributed by atoms with Gasteiger partial charge < -0.3 is 20.8 Å². The first-order valence-corrected chi connectivity index (χ1v) is 8.21. The molecular formula is C18H24F2N4O3. The lowest BCUT2D eigenvalue weighted by Gasteiger charge is -2.16. The van der Waals surface area contributed by atoms with Crippen LogP contribution in [0.25, 0.3) is 0 Å². The molecule has 0 bridgehead atoms. The Bertz CT molecular complexity index is 733. The SMILES string of the molecule is CC(=C\O)/C=C(\C=N/CC(F)F)C(=O)NC(C)c1cc(C)nc(NCO)c1. The number of aromatic nitrogens is 1. The molecule has 0 aliphatic heterocycles. The van der Waals surface area contributed by atoms with E-state index in [1.54, 1.807) is 32.9 Å². The molecule has 4 N–H and O–H groups in total. The summed E-state index contributed by atoms with van der Waals surface area (Å²) in [6, 6.07) is 3.03. The summed E-state index contributed by atoms with van der Waals surface area (Å²) in [5.74, 6) is -0.0743. The minimum absolute atomic E-state index is 0.0322. The quantitative estimate of drug-likeness (QED) is 0.173. The highest BCUT2D eigenvalue weighted by Crippen LogP contribution is 2.18. The van der Waals surface area contributed by atoms with E-state index in [9.17, 15) is 13.6 Å². The lowest BCUT2D eigenvalue weighted by atomic mass is 10.1. The summed E-state index contributed by atoms with van der Waals surface area (Å²) < 4.78 is 24.5. The number of amides is 1. The molecule has 7 nitrogen and oxygen atoms in total. The zero-order valence-electron chi connectivity index (χ0n) is 15.4. The molecule has 1 heterocycles. The number of pyridine rings is 1. The van der Waals surface area contributed by atoms with Crippen LogP contribution in [-0.2, 0) is 4.79 Å². The van der Waals surface area contributed by atoms with Gasteiger partial charge in [-0.05, 0) is 50.1 Å². The number of aryl methyl sites for hydroxylation is 1. The van der Waals surface area contributed by atoms with Gasteiger partial charge in [-0.25, -0.2) is 13.8 Å². The second-order valence-electron chi connectivity index (χ2n) is 5.82. The number of hydrogen-bond donors (Lipinski definition) is 4. The smallest absolute Gasteiger partial charge is 0.257 e. The Hall–Kier alpha value is -2.81. The van der Waals surface area contributed by atoms with Crippen molar-refractivity contribution in [3.05, 3.63) is 46.9 Å². The van der Waals surface area contributed by atoms with Crippen LogP contribution in [-0.4, -0.2) is 47.0 Å². The van der Waals surface area contributed by atoms with Crippen LogP contribution in [0.15, 0.2) is 40.6 Å². The van der Waals surface area contributed by atoms with Crippen LogP contribution in [0.5, 0.6) is 0 Å². The number of alkyl halides is 2. The van der Waals surface area contributed by atoms with E-state index in [1.807, 2.05) is 0 Å². The van der Waals surface area contributed by atoms with E-state index in [2.05, 4.69) is 20.6 Å². The molecule has 1 atom stereocenters. The van der Waals surface area contributed by atoms with Crippen LogP contribution in [0.3, 0.4) is 0 Å². The van der Waals surface area contributed by atoms with E-state index in [4.69, 9.17) is 10.2 Å². The molecule has 9 heteroatoms. The minimum Gasteiger partial charge on any atom is -0.515 e. The molecule has 0 fully saturated rings. The van der Waals surface area contributed by atoms with Crippen molar-refractivity contribution in [3.8, 4) is 0 Å². The maximum Gasteiger partial charge on any atom is 0.257 e. The molecule has 1 amide bonds. The molecule has 148 valence electrons. The predicted octanol–water partition coefficient (Wildman–Crippen LogP) is 2.65. The van der Waals surface area contributed by atoms with E-state index >= 15 is 0 Å². The average molecular weight is 382 g/mol. The van der Waals surface area contributed by atoms with Crippen molar-refractivity contribution in [2.24, 2.45) is 4.99 Å². The molecule has 0 radical (unpaired) electrons. The summed E-state index contributed by atoms with van der Waals surface area (Å²) in [5, 5.41) is 23.4. The van der Waals surface area contributed by atoms with Crippen molar-refractivity contribution in [2.45, 2.75) is 33.2 Å². The van der Waals surface area contributed by atoms with Crippen LogP contribution in [0, 0.1) is 6.92 Å². The zero-order valence-corrected chi connectivity index (χ0v) is 15.4. The lowest BCUT2D eigenvalue weighted by molar-refractivity contribution is -0.117. The number of anilines is 1. The molecule has 0 saturated carbocycles. The van der Waals surface area contributed by atoms with Crippen molar-refractivity contribution in [1.82, 2.24) is 10.3 Å². The van der Waals surface area contributed by atoms with E-state index in [1.165, 1.54) is 6.08 Å². The maximum absolute atomic E-state index is 12.5. The molecule has 1 aromatic heterocycles. The largest absolute Gasteiger partial charge is 0.515 e. The number of carbonyl (C=O) groups is 1. The maximum atomic E-state index is 12.5. The fourth-order valence-corrected chi connectivity index (χ4v) is 2.15. The number of nitrogens with one attached hydrogen (secondary N) is 2. The third-order valence-corrected chi connectivity index (χ3v) is 3.41. The first kappa shape index (κ1) is 22.2. The van der Waals surface area contributed by atoms with Crippen LogP contribution < -0.4 is 10.6 Å². The van der Waals surface area contributed by atoms with Crippen molar-refractivity contribution in [3.63, 3.8) is 0 Å². The van der Waals surface area contributed by atoms with Gasteiger partial charge in [-0.1, -0.05) is 0 Å². The number of aliphatic hydroxyl groups is 2. The van der Waals surface area contributed by atoms with Gasteiger partial charge in [0.05, 0.1) is 24.4 Å². The Morgan fingerprint density at radius 1 is 1.41 bits per heavy atom. The normalized spacial score (nSPS) is 13.9. The van der Waals surface area contributed by atoms with Crippen molar-refractivity contribution in [2.75, 3.05) is 18.6 Å². The van der Waals surface area contributed by atoms with Gasteiger partial charge in [0.1, 0.15) is 12.5 Å². The Morgan fingerprint density at radius 2 is 2.11 bits per heavy atom. The van der Waals surface area contributed by atoms with Crippen molar-refractivity contribution < 1.29 is 23.8 Å². The van der Waals surface area contributed by atoms with Gasteiger partial charge in [0.15, 0.2) is 0 Å². The summed E-state index contributed by atoms with van der Waals surface area (Å²) in [6.07, 6.45) is 0.582. The van der Waals surface area contributed by atoms with Gasteiger partial charge >= 0.3 is 0 Å². The van der Waals surface area contributed by atoms with E-state index < -0.39 is 24.9 Å². The number of halogens is 2. The van der Waals surface area contributed by atoms with Gasteiger partial charge in [-0.15, -0.1) is 0 Å². The topological polar surface area (TPSA) is 107 Å². The highest BCUT2D eigenvalue weighted by atomic mass is 19.3. The van der Waals surface area contributed by atoms with Crippen molar-refractivity contribution in [1.29, 1.82) is 0 Å². The average Bonchev–Trinajstić information content (AvgIpc) is 2.60. The van der Waals surface area contributed by atoms with Gasteiger partial charge in [0, 0.05) is 11.9 Å². The standard InChI is InChI=1S/C18H24F2N4O3/c1-11(9-25)4-15(7-21-8-16(19)20)18(27)24-13(3)14-5-12(2)23-17(6-14)22-10-26/h4-7,9,13,16,25-26H,8,10H2,1-3H3,(H,22,23)(H,24,27)/b11-9+,15-4+,21-7-. The third kappa shape index (κ3) is 7.95. The number of aliphatic hydroxyl groups excluding tert-OH is 2. The summed E-state index contributed by atoms with van der Waals surface area (Å²) in [6.45, 7) is 4.08.